The molecule has 0 saturated carbocycles. The van der Waals surface area contributed by atoms with Crippen molar-refractivity contribution < 1.29 is 85.8 Å². The SMILES string of the molecule is CC1=C(C#N)C(=O)N(C(=O)OCc2ccccc2)C(=O)C1=Nc1cc(CC(=O)OCc2ccccc2)c(C2=CC3C=C4OC(C(=O)OCc5ccccc5)(C(=O)OCc5ccccc5)c5cc(N=C6C(=O)N(C(=O)OCc7ccccc7)C(=O)C(C#N)=C6C)sc5C4=CC3C=C2OCC(=O)OCc2ccccc2)s1. The number of thiophene rings is 2. The summed E-state index contributed by atoms with van der Waals surface area (Å²) in [5.41, 5.74) is -1.54. The van der Waals surface area contributed by atoms with E-state index in [9.17, 15) is 48.9 Å². The lowest BCUT2D eigenvalue weighted by Gasteiger charge is -2.39. The van der Waals surface area contributed by atoms with Crippen LogP contribution in [0.1, 0.15) is 68.1 Å². The Hall–Kier alpha value is -13.8. The number of imide groups is 6. The molecule has 2 aromatic heterocycles. The maximum Gasteiger partial charge on any atom is 0.424 e. The van der Waals surface area contributed by atoms with Gasteiger partial charge in [0.15, 0.2) is 6.61 Å². The summed E-state index contributed by atoms with van der Waals surface area (Å²) < 4.78 is 47.9. The Morgan fingerprint density at radius 1 is 0.459 bits per heavy atom. The fraction of sp³-hybridized carbons (Fsp3) is 0.157. The molecule has 0 fully saturated rings. The van der Waals surface area contributed by atoms with Gasteiger partial charge >= 0.3 is 41.7 Å². The fourth-order valence-corrected chi connectivity index (χ4v) is 14.4. The predicted molar refractivity (Wildman–Crippen MR) is 393 cm³/mol. The van der Waals surface area contributed by atoms with Gasteiger partial charge in [-0.15, -0.1) is 22.7 Å². The van der Waals surface area contributed by atoms with E-state index in [1.54, 1.807) is 218 Å². The van der Waals surface area contributed by atoms with Crippen molar-refractivity contribution in [1.29, 1.82) is 10.5 Å². The number of benzene rings is 6. The molecule has 26 heteroatoms. The largest absolute Gasteiger partial charge is 0.482 e. The number of hydrogen-bond donors (Lipinski definition) is 0. The number of rotatable bonds is 22. The highest BCUT2D eigenvalue weighted by atomic mass is 32.1. The maximum absolute atomic E-state index is 15.6. The van der Waals surface area contributed by atoms with E-state index in [1.165, 1.54) is 26.0 Å². The minimum atomic E-state index is -2.86. The number of nitriles is 2. The van der Waals surface area contributed by atoms with Gasteiger partial charge in [0.25, 0.3) is 23.6 Å². The van der Waals surface area contributed by atoms with Crippen LogP contribution in [0.2, 0.25) is 0 Å². The van der Waals surface area contributed by atoms with Gasteiger partial charge < -0.3 is 37.9 Å². The number of ether oxygens (including phenoxy) is 8. The first kappa shape index (κ1) is 73.5. The van der Waals surface area contributed by atoms with E-state index in [2.05, 4.69) is 0 Å². The van der Waals surface area contributed by atoms with Crippen molar-refractivity contribution in [3.8, 4) is 12.1 Å². The van der Waals surface area contributed by atoms with Crippen molar-refractivity contribution in [3.63, 3.8) is 0 Å². The number of fused-ring (bicyclic) bond motifs is 4. The summed E-state index contributed by atoms with van der Waals surface area (Å²) in [6, 6.07) is 58.2. The van der Waals surface area contributed by atoms with E-state index < -0.39 is 113 Å². The topological polar surface area (TPSA) is 323 Å². The summed E-state index contributed by atoms with van der Waals surface area (Å²) in [5.74, 6) is -10.7. The first-order valence-electron chi connectivity index (χ1n) is 33.8. The van der Waals surface area contributed by atoms with Crippen molar-refractivity contribution >= 4 is 115 Å². The third-order valence-corrected chi connectivity index (χ3v) is 19.9. The molecule has 2 atom stereocenters. The van der Waals surface area contributed by atoms with Gasteiger partial charge in [-0.25, -0.2) is 34.0 Å². The third kappa shape index (κ3) is 15.9. The van der Waals surface area contributed by atoms with Crippen LogP contribution in [0, 0.1) is 34.5 Å². The van der Waals surface area contributed by atoms with E-state index in [0.717, 1.165) is 22.7 Å². The first-order chi connectivity index (χ1) is 52.9. The van der Waals surface area contributed by atoms with Gasteiger partial charge in [0, 0.05) is 49.4 Å². The molecule has 24 nitrogen and oxygen atoms in total. The number of aliphatic imine (C=N–C) groups is 2. The second-order valence-electron chi connectivity index (χ2n) is 24.9. The standard InChI is InChI=1S/C83H60N6O18S2/c1-49-62(40-84)75(92)88(81(98)105-46-55-29-17-7-18-30-55)77(94)71(49)86-67-37-59(38-69(90)101-42-51-21-9-3-10-22-51)73(108-67)60-33-58-36-66-61(34-57(58)35-65(60)100-48-70(91)102-43-52-23-11-4-12-24-52)74-64(83(107-66,79(96)103-44-53-25-13-5-14-26-53)80(97)104-45-54-27-15-6-16-28-54)39-68(109-74)87-72-50(2)63(41-85)76(93)89(78(72)95)82(99)106-47-56-31-19-8-20-32-56/h3-37,39,57-58H,38,42-48H2,1-2H3. The smallest absolute Gasteiger partial charge is 0.424 e. The highest BCUT2D eigenvalue weighted by Crippen LogP contribution is 2.55. The van der Waals surface area contributed by atoms with E-state index in [-0.39, 0.29) is 114 Å². The van der Waals surface area contributed by atoms with Crippen LogP contribution < -0.4 is 0 Å². The van der Waals surface area contributed by atoms with Gasteiger partial charge in [-0.2, -0.15) is 20.3 Å². The predicted octanol–water partition coefficient (Wildman–Crippen LogP) is 13.3. The van der Waals surface area contributed by atoms with Crippen molar-refractivity contribution in [2.24, 2.45) is 21.8 Å². The van der Waals surface area contributed by atoms with Crippen molar-refractivity contribution in [2.45, 2.75) is 65.5 Å². The van der Waals surface area contributed by atoms with Crippen molar-refractivity contribution in [3.05, 3.63) is 307 Å². The fourth-order valence-electron chi connectivity index (χ4n) is 12.2. The minimum absolute atomic E-state index is 0.00131. The van der Waals surface area contributed by atoms with E-state index >= 15 is 9.59 Å². The molecule has 109 heavy (non-hydrogen) atoms. The Morgan fingerprint density at radius 3 is 1.27 bits per heavy atom. The number of hydrogen-bond acceptors (Lipinski definition) is 24. The molecule has 2 unspecified atom stereocenters. The summed E-state index contributed by atoms with van der Waals surface area (Å²) in [6.07, 6.45) is 3.50. The molecule has 0 spiro atoms. The third-order valence-electron chi connectivity index (χ3n) is 17.7. The Kier molecular flexibility index (Phi) is 22.0. The van der Waals surface area contributed by atoms with Crippen LogP contribution in [0.15, 0.2) is 262 Å². The summed E-state index contributed by atoms with van der Waals surface area (Å²) in [4.78, 5) is 154. The zero-order chi connectivity index (χ0) is 76.3. The van der Waals surface area contributed by atoms with Crippen LogP contribution in [-0.4, -0.2) is 87.5 Å². The molecule has 0 radical (unpaired) electrons. The Bertz CT molecular complexity index is 5320. The molecule has 13 rings (SSSR count). The van der Waals surface area contributed by atoms with Crippen LogP contribution in [0.4, 0.5) is 19.6 Å². The molecule has 3 aliphatic heterocycles. The number of amides is 6. The lowest BCUT2D eigenvalue weighted by atomic mass is 9.77. The Morgan fingerprint density at radius 2 is 0.835 bits per heavy atom. The molecule has 0 N–H and O–H groups in total. The molecule has 6 aromatic carbocycles. The molecule has 5 heterocycles. The number of nitrogens with zero attached hydrogens (tertiary/aromatic N) is 6. The lowest BCUT2D eigenvalue weighted by molar-refractivity contribution is -0.190. The van der Waals surface area contributed by atoms with E-state index in [4.69, 9.17) is 47.9 Å². The molecule has 6 amide bonds. The monoisotopic (exact) mass is 1490 g/mol. The van der Waals surface area contributed by atoms with Crippen molar-refractivity contribution in [2.75, 3.05) is 6.61 Å². The minimum Gasteiger partial charge on any atom is -0.482 e. The number of carbonyl (C=O) groups is 10. The van der Waals surface area contributed by atoms with Crippen LogP contribution in [0.25, 0.3) is 11.1 Å². The summed E-state index contributed by atoms with van der Waals surface area (Å²) >= 11 is 1.77. The Labute approximate surface area is 630 Å². The second-order valence-corrected chi connectivity index (χ2v) is 27.0. The van der Waals surface area contributed by atoms with Gasteiger partial charge in [-0.05, 0) is 77.1 Å². The quantitative estimate of drug-likeness (QED) is 0.0263. The zero-order valence-electron chi connectivity index (χ0n) is 57.9. The van der Waals surface area contributed by atoms with Gasteiger partial charge in [0.2, 0.25) is 0 Å². The molecular weight excluding hydrogens is 1430 g/mol. The molecule has 542 valence electrons. The molecular formula is C83H60N6O18S2. The molecule has 0 saturated heterocycles. The van der Waals surface area contributed by atoms with Crippen LogP contribution in [0.3, 0.4) is 0 Å². The van der Waals surface area contributed by atoms with E-state index in [1.807, 2.05) is 0 Å². The average molecular weight is 1490 g/mol. The molecule has 0 bridgehead atoms. The Balaban J connectivity index is 0.949. The zero-order valence-corrected chi connectivity index (χ0v) is 59.6. The van der Waals surface area contributed by atoms with Crippen LogP contribution in [0.5, 0.6) is 0 Å². The number of carbonyl (C=O) groups excluding carboxylic acids is 10. The second kappa shape index (κ2) is 32.7. The van der Waals surface area contributed by atoms with Gasteiger partial charge in [0.1, 0.15) is 95.9 Å². The average Bonchev–Trinajstić information content (AvgIpc) is 1.65. The summed E-state index contributed by atoms with van der Waals surface area (Å²) in [6.45, 7) is 0.225. The molecule has 5 aliphatic rings. The normalized spacial score (nSPS) is 17.0. The van der Waals surface area contributed by atoms with Gasteiger partial charge in [0.05, 0.1) is 6.42 Å². The summed E-state index contributed by atoms with van der Waals surface area (Å²) in [5, 5.41) is 20.7. The number of allylic oxidation sites excluding steroid dienone is 6. The highest BCUT2D eigenvalue weighted by Gasteiger charge is 2.60. The van der Waals surface area contributed by atoms with Crippen LogP contribution >= 0.6 is 22.7 Å². The van der Waals surface area contributed by atoms with Gasteiger partial charge in [-0.3, -0.25) is 24.0 Å². The van der Waals surface area contributed by atoms with E-state index in [0.29, 0.717) is 33.4 Å². The van der Waals surface area contributed by atoms with Gasteiger partial charge in [-0.1, -0.05) is 194 Å². The number of esters is 4. The molecule has 8 aromatic rings. The van der Waals surface area contributed by atoms with Crippen LogP contribution in [-0.2, 0) is 128 Å². The first-order valence-corrected chi connectivity index (χ1v) is 35.4. The lowest BCUT2D eigenvalue weighted by Crippen LogP contribution is -2.50. The highest BCUT2D eigenvalue weighted by molar-refractivity contribution is 7.17. The molecule has 2 aliphatic carbocycles. The summed E-state index contributed by atoms with van der Waals surface area (Å²) in [7, 11) is 0. The van der Waals surface area contributed by atoms with Crippen molar-refractivity contribution in [1.82, 2.24) is 9.80 Å². The maximum atomic E-state index is 15.6.